The van der Waals surface area contributed by atoms with Gasteiger partial charge >= 0.3 is 0 Å². The zero-order valence-corrected chi connectivity index (χ0v) is 8.08. The average Bonchev–Trinajstić information content (AvgIpc) is 2.57. The highest BCUT2D eigenvalue weighted by Gasteiger charge is 1.90. The monoisotopic (exact) mass is 179 g/mol. The Bertz CT molecular complexity index is 253. The number of nitrogens with one attached hydrogen (secondary N) is 1. The van der Waals surface area contributed by atoms with Crippen LogP contribution in [0.1, 0.15) is 12.5 Å². The summed E-state index contributed by atoms with van der Waals surface area (Å²) in [4.78, 5) is 0. The second-order valence-electron chi connectivity index (χ2n) is 2.49. The van der Waals surface area contributed by atoms with Crippen LogP contribution < -0.4 is 5.32 Å². The second-order valence-corrected chi connectivity index (χ2v) is 3.27. The van der Waals surface area contributed by atoms with Gasteiger partial charge in [0.05, 0.1) is 6.54 Å². The van der Waals surface area contributed by atoms with Crippen LogP contribution in [-0.4, -0.2) is 13.1 Å². The smallest absolute Gasteiger partial charge is 0.0576 e. The molecule has 0 fully saturated rings. The van der Waals surface area contributed by atoms with Crippen LogP contribution in [0.3, 0.4) is 0 Å². The molecule has 2 heteroatoms. The highest BCUT2D eigenvalue weighted by molar-refractivity contribution is 7.07. The first-order valence-electron chi connectivity index (χ1n) is 4.05. The van der Waals surface area contributed by atoms with Gasteiger partial charge in [0.2, 0.25) is 0 Å². The molecule has 0 spiro atoms. The van der Waals surface area contributed by atoms with Crippen LogP contribution in [0, 0.1) is 11.8 Å². The lowest BCUT2D eigenvalue weighted by molar-refractivity contribution is 0.754. The van der Waals surface area contributed by atoms with Crippen LogP contribution in [0.2, 0.25) is 0 Å². The van der Waals surface area contributed by atoms with Crippen molar-refractivity contribution >= 4 is 11.3 Å². The third-order valence-electron chi connectivity index (χ3n) is 1.56. The molecule has 64 valence electrons. The molecule has 1 rings (SSSR count). The maximum Gasteiger partial charge on any atom is 0.0576 e. The summed E-state index contributed by atoms with van der Waals surface area (Å²) in [6.45, 7) is 3.69. The fourth-order valence-corrected chi connectivity index (χ4v) is 1.61. The largest absolute Gasteiger partial charge is 0.306 e. The summed E-state index contributed by atoms with van der Waals surface area (Å²) in [5.41, 5.74) is 1.41. The fraction of sp³-hybridized carbons (Fsp3) is 0.400. The molecule has 1 nitrogen and oxygen atoms in total. The lowest BCUT2D eigenvalue weighted by Crippen LogP contribution is -2.16. The molecule has 0 aliphatic rings. The fourth-order valence-electron chi connectivity index (χ4n) is 0.907. The van der Waals surface area contributed by atoms with Gasteiger partial charge in [0.25, 0.3) is 0 Å². The van der Waals surface area contributed by atoms with Crippen LogP contribution >= 0.6 is 11.3 Å². The molecule has 1 heterocycles. The van der Waals surface area contributed by atoms with Crippen molar-refractivity contribution < 1.29 is 0 Å². The van der Waals surface area contributed by atoms with E-state index in [2.05, 4.69) is 34.0 Å². The van der Waals surface area contributed by atoms with Gasteiger partial charge in [0.1, 0.15) is 0 Å². The SMILES string of the molecule is CC#CCNCCc1ccsc1. The normalized spacial score (nSPS) is 9.08. The quantitative estimate of drug-likeness (QED) is 0.550. The number of hydrogen-bond acceptors (Lipinski definition) is 2. The van der Waals surface area contributed by atoms with Crippen molar-refractivity contribution in [2.75, 3.05) is 13.1 Å². The maximum atomic E-state index is 3.26. The summed E-state index contributed by atoms with van der Waals surface area (Å²) in [5.74, 6) is 5.82. The first-order valence-corrected chi connectivity index (χ1v) is 4.99. The van der Waals surface area contributed by atoms with Crippen molar-refractivity contribution in [1.29, 1.82) is 0 Å². The van der Waals surface area contributed by atoms with Crippen molar-refractivity contribution in [2.24, 2.45) is 0 Å². The topological polar surface area (TPSA) is 12.0 Å². The van der Waals surface area contributed by atoms with E-state index in [4.69, 9.17) is 0 Å². The first-order chi connectivity index (χ1) is 5.93. The van der Waals surface area contributed by atoms with E-state index in [-0.39, 0.29) is 0 Å². The number of hydrogen-bond donors (Lipinski definition) is 1. The predicted molar refractivity (Wildman–Crippen MR) is 54.3 cm³/mol. The van der Waals surface area contributed by atoms with Crippen LogP contribution in [0.25, 0.3) is 0 Å². The molecule has 0 saturated carbocycles. The van der Waals surface area contributed by atoms with E-state index >= 15 is 0 Å². The Balaban J connectivity index is 2.06. The third kappa shape index (κ3) is 3.56. The lowest BCUT2D eigenvalue weighted by Gasteiger charge is -1.97. The molecule has 1 aromatic heterocycles. The number of rotatable bonds is 4. The van der Waals surface area contributed by atoms with E-state index in [1.165, 1.54) is 5.56 Å². The summed E-state index contributed by atoms with van der Waals surface area (Å²) >= 11 is 1.75. The van der Waals surface area contributed by atoms with Gasteiger partial charge in [-0.15, -0.1) is 5.92 Å². The van der Waals surface area contributed by atoms with Gasteiger partial charge in [0, 0.05) is 6.54 Å². The van der Waals surface area contributed by atoms with Gasteiger partial charge in [-0.2, -0.15) is 11.3 Å². The van der Waals surface area contributed by atoms with Crippen molar-refractivity contribution in [3.63, 3.8) is 0 Å². The first kappa shape index (κ1) is 9.31. The molecule has 0 aliphatic carbocycles. The van der Waals surface area contributed by atoms with E-state index in [0.29, 0.717) is 0 Å². The van der Waals surface area contributed by atoms with Crippen molar-refractivity contribution in [3.8, 4) is 11.8 Å². The third-order valence-corrected chi connectivity index (χ3v) is 2.29. The highest BCUT2D eigenvalue weighted by Crippen LogP contribution is 2.05. The number of thiophene rings is 1. The van der Waals surface area contributed by atoms with Crippen LogP contribution in [0.5, 0.6) is 0 Å². The Morgan fingerprint density at radius 2 is 2.50 bits per heavy atom. The molecule has 1 N–H and O–H groups in total. The molecule has 0 unspecified atom stereocenters. The summed E-state index contributed by atoms with van der Waals surface area (Å²) in [5, 5.41) is 7.56. The van der Waals surface area contributed by atoms with Crippen LogP contribution in [0.4, 0.5) is 0 Å². The lowest BCUT2D eigenvalue weighted by atomic mass is 10.2. The van der Waals surface area contributed by atoms with Gasteiger partial charge in [-0.3, -0.25) is 0 Å². The zero-order valence-electron chi connectivity index (χ0n) is 7.26. The minimum absolute atomic E-state index is 0.806. The van der Waals surface area contributed by atoms with E-state index in [0.717, 1.165) is 19.5 Å². The minimum Gasteiger partial charge on any atom is -0.306 e. The van der Waals surface area contributed by atoms with Crippen molar-refractivity contribution in [1.82, 2.24) is 5.32 Å². The highest BCUT2D eigenvalue weighted by atomic mass is 32.1. The predicted octanol–water partition coefficient (Wildman–Crippen LogP) is 1.90. The van der Waals surface area contributed by atoms with Crippen LogP contribution in [0.15, 0.2) is 16.8 Å². The maximum absolute atomic E-state index is 3.26. The summed E-state index contributed by atoms with van der Waals surface area (Å²) in [7, 11) is 0. The Morgan fingerprint density at radius 1 is 1.58 bits per heavy atom. The molecule has 0 radical (unpaired) electrons. The standard InChI is InChI=1S/C10H13NS/c1-2-3-6-11-7-4-10-5-8-12-9-10/h5,8-9,11H,4,6-7H2,1H3. The Kier molecular flexibility index (Phi) is 4.51. The van der Waals surface area contributed by atoms with E-state index < -0.39 is 0 Å². The molecule has 0 aromatic carbocycles. The molecular formula is C10H13NS. The van der Waals surface area contributed by atoms with E-state index in [1.807, 2.05) is 6.92 Å². The molecule has 0 bridgehead atoms. The van der Waals surface area contributed by atoms with Gasteiger partial charge < -0.3 is 5.32 Å². The molecule has 0 aliphatic heterocycles. The van der Waals surface area contributed by atoms with Gasteiger partial charge in [-0.05, 0) is 35.7 Å². The van der Waals surface area contributed by atoms with Gasteiger partial charge in [0.15, 0.2) is 0 Å². The van der Waals surface area contributed by atoms with E-state index in [1.54, 1.807) is 11.3 Å². The molecule has 12 heavy (non-hydrogen) atoms. The Hall–Kier alpha value is -0.780. The minimum atomic E-state index is 0.806. The molecule has 0 saturated heterocycles. The van der Waals surface area contributed by atoms with Gasteiger partial charge in [-0.1, -0.05) is 5.92 Å². The second kappa shape index (κ2) is 5.82. The van der Waals surface area contributed by atoms with Crippen LogP contribution in [-0.2, 0) is 6.42 Å². The summed E-state index contributed by atoms with van der Waals surface area (Å²) < 4.78 is 0. The van der Waals surface area contributed by atoms with Gasteiger partial charge in [-0.25, -0.2) is 0 Å². The van der Waals surface area contributed by atoms with Crippen molar-refractivity contribution in [3.05, 3.63) is 22.4 Å². The Labute approximate surface area is 77.8 Å². The molecule has 1 aromatic rings. The molecule has 0 atom stereocenters. The molecular weight excluding hydrogens is 166 g/mol. The average molecular weight is 179 g/mol. The van der Waals surface area contributed by atoms with E-state index in [9.17, 15) is 0 Å². The summed E-state index contributed by atoms with van der Waals surface area (Å²) in [6, 6.07) is 2.16. The molecule has 0 amide bonds. The van der Waals surface area contributed by atoms with Crippen molar-refractivity contribution in [2.45, 2.75) is 13.3 Å². The Morgan fingerprint density at radius 3 is 3.17 bits per heavy atom. The summed E-state index contributed by atoms with van der Waals surface area (Å²) in [6.07, 6.45) is 1.11. The zero-order chi connectivity index (χ0) is 8.65.